The van der Waals surface area contributed by atoms with Gasteiger partial charge < -0.3 is 24.2 Å². The van der Waals surface area contributed by atoms with Crippen LogP contribution in [0.15, 0.2) is 47.4 Å². The van der Waals surface area contributed by atoms with E-state index < -0.39 is 0 Å². The van der Waals surface area contributed by atoms with E-state index in [0.717, 1.165) is 89.6 Å². The van der Waals surface area contributed by atoms with Crippen molar-refractivity contribution in [3.63, 3.8) is 0 Å². The largest absolute Gasteiger partial charge is 0.501 e. The molecular formula is C27H38N4O3. The summed E-state index contributed by atoms with van der Waals surface area (Å²) in [6.07, 6.45) is 5.50. The van der Waals surface area contributed by atoms with Crippen molar-refractivity contribution in [2.45, 2.75) is 31.7 Å². The molecule has 1 aromatic rings. The van der Waals surface area contributed by atoms with Crippen LogP contribution in [0.4, 0.5) is 5.69 Å². The van der Waals surface area contributed by atoms with Crippen LogP contribution >= 0.6 is 0 Å². The molecule has 0 saturated carbocycles. The summed E-state index contributed by atoms with van der Waals surface area (Å²) in [5, 5.41) is 0. The number of carbonyl (C=O) groups excluding carboxylic acids is 1. The Hall–Kier alpha value is -2.35. The van der Waals surface area contributed by atoms with Gasteiger partial charge in [-0.25, -0.2) is 0 Å². The Balaban J connectivity index is 1.29. The number of anilines is 1. The molecule has 34 heavy (non-hydrogen) atoms. The van der Waals surface area contributed by atoms with E-state index in [4.69, 9.17) is 9.47 Å². The lowest BCUT2D eigenvalue weighted by molar-refractivity contribution is -0.128. The molecule has 3 aliphatic heterocycles. The fourth-order valence-electron chi connectivity index (χ4n) is 5.71. The number of amides is 1. The Bertz CT molecular complexity index is 928. The number of fused-ring (bicyclic) bond motifs is 1. The molecule has 0 spiro atoms. The third-order valence-corrected chi connectivity index (χ3v) is 7.80. The number of rotatable bonds is 5. The highest BCUT2D eigenvalue weighted by Crippen LogP contribution is 2.38. The number of nitrogens with zero attached hydrogens (tertiary/aromatic N) is 4. The molecule has 0 N–H and O–H groups in total. The monoisotopic (exact) mass is 466 g/mol. The van der Waals surface area contributed by atoms with Gasteiger partial charge in [-0.05, 0) is 48.7 Å². The maximum Gasteiger partial charge on any atom is 0.230 e. The van der Waals surface area contributed by atoms with Crippen molar-refractivity contribution in [2.24, 2.45) is 0 Å². The van der Waals surface area contributed by atoms with E-state index in [1.807, 2.05) is 4.90 Å². The topological polar surface area (TPSA) is 48.5 Å². The molecule has 184 valence electrons. The van der Waals surface area contributed by atoms with Crippen molar-refractivity contribution < 1.29 is 14.3 Å². The molecule has 7 nitrogen and oxygen atoms in total. The van der Waals surface area contributed by atoms with Crippen molar-refractivity contribution >= 4 is 11.6 Å². The molecule has 5 rings (SSSR count). The summed E-state index contributed by atoms with van der Waals surface area (Å²) >= 11 is 0. The maximum atomic E-state index is 13.3. The van der Waals surface area contributed by atoms with E-state index in [2.05, 4.69) is 52.2 Å². The lowest BCUT2D eigenvalue weighted by Gasteiger charge is -2.43. The molecule has 3 heterocycles. The normalized spacial score (nSPS) is 24.6. The second kappa shape index (κ2) is 10.5. The summed E-state index contributed by atoms with van der Waals surface area (Å²) in [5.41, 5.74) is 4.91. The summed E-state index contributed by atoms with van der Waals surface area (Å²) in [7, 11) is 3.98. The van der Waals surface area contributed by atoms with Crippen LogP contribution in [0.5, 0.6) is 0 Å². The minimum absolute atomic E-state index is 0.173. The van der Waals surface area contributed by atoms with Crippen molar-refractivity contribution in [3.05, 3.63) is 52.9 Å². The maximum absolute atomic E-state index is 13.3. The summed E-state index contributed by atoms with van der Waals surface area (Å²) in [5.74, 6) is 1.29. The minimum atomic E-state index is 0.173. The molecule has 7 heteroatoms. The number of carbonyl (C=O) groups is 1. The fourth-order valence-corrected chi connectivity index (χ4v) is 5.71. The van der Waals surface area contributed by atoms with E-state index in [1.54, 1.807) is 7.11 Å². The Labute approximate surface area is 203 Å². The van der Waals surface area contributed by atoms with Gasteiger partial charge in [0.25, 0.3) is 0 Å². The Morgan fingerprint density at radius 2 is 1.74 bits per heavy atom. The first-order valence-electron chi connectivity index (χ1n) is 12.7. The number of ether oxygens (including phenoxy) is 2. The zero-order chi connectivity index (χ0) is 23.5. The third-order valence-electron chi connectivity index (χ3n) is 7.80. The van der Waals surface area contributed by atoms with Gasteiger partial charge in [0.1, 0.15) is 0 Å². The Morgan fingerprint density at radius 3 is 2.44 bits per heavy atom. The van der Waals surface area contributed by atoms with Gasteiger partial charge in [-0.2, -0.15) is 0 Å². The second-order valence-corrected chi connectivity index (χ2v) is 9.86. The summed E-state index contributed by atoms with van der Waals surface area (Å²) < 4.78 is 11.2. The number of morpholine rings is 1. The van der Waals surface area contributed by atoms with Crippen LogP contribution in [-0.2, 0) is 20.7 Å². The van der Waals surface area contributed by atoms with Crippen molar-refractivity contribution in [3.8, 4) is 0 Å². The molecule has 0 radical (unpaired) electrons. The van der Waals surface area contributed by atoms with Crippen LogP contribution in [-0.4, -0.2) is 99.8 Å². The predicted molar refractivity (Wildman–Crippen MR) is 134 cm³/mol. The zero-order valence-electron chi connectivity index (χ0n) is 20.7. The molecule has 0 aromatic heterocycles. The van der Waals surface area contributed by atoms with Gasteiger partial charge >= 0.3 is 0 Å². The second-order valence-electron chi connectivity index (χ2n) is 9.86. The lowest BCUT2D eigenvalue weighted by atomic mass is 9.83. The van der Waals surface area contributed by atoms with E-state index in [-0.39, 0.29) is 5.91 Å². The number of likely N-dealkylation sites (N-methyl/N-ethyl adjacent to an activating group) is 1. The minimum Gasteiger partial charge on any atom is -0.501 e. The Morgan fingerprint density at radius 1 is 1.00 bits per heavy atom. The zero-order valence-corrected chi connectivity index (χ0v) is 20.7. The van der Waals surface area contributed by atoms with Crippen molar-refractivity contribution in [1.29, 1.82) is 0 Å². The van der Waals surface area contributed by atoms with Crippen LogP contribution in [0.3, 0.4) is 0 Å². The first-order valence-corrected chi connectivity index (χ1v) is 12.7. The first-order chi connectivity index (χ1) is 16.6. The summed E-state index contributed by atoms with van der Waals surface area (Å²) in [6.45, 7) is 8.49. The van der Waals surface area contributed by atoms with E-state index in [1.165, 1.54) is 16.8 Å². The summed E-state index contributed by atoms with van der Waals surface area (Å²) in [6, 6.07) is 8.85. The lowest BCUT2D eigenvalue weighted by Crippen LogP contribution is -2.51. The number of methoxy groups -OCH3 is 1. The van der Waals surface area contributed by atoms with Crippen LogP contribution in [0.1, 0.15) is 24.8 Å². The molecular weight excluding hydrogens is 428 g/mol. The molecule has 2 fully saturated rings. The standard InChI is InChI=1S/C27H38N4O3/c1-28-11-13-30(14-12-28)25-7-8-26(33-2)23-9-10-31(20-24(23)25)27(32)19-21-3-5-22(6-4-21)29-15-17-34-18-16-29/h3-6,20,25H,7-19H2,1-2H3. The number of benzene rings is 1. The van der Waals surface area contributed by atoms with Crippen LogP contribution in [0.2, 0.25) is 0 Å². The number of allylic oxidation sites excluding steroid dienone is 1. The SMILES string of the molecule is COC1=C2CCN(C(=O)Cc3ccc(N4CCOCC4)cc3)C=C2C(N2CCN(C)CC2)CC1. The van der Waals surface area contributed by atoms with Crippen LogP contribution in [0, 0.1) is 0 Å². The quantitative estimate of drug-likeness (QED) is 0.665. The number of hydrogen-bond donors (Lipinski definition) is 0. The van der Waals surface area contributed by atoms with Gasteiger partial charge in [0, 0.05) is 70.2 Å². The number of piperazine rings is 1. The van der Waals surface area contributed by atoms with E-state index in [9.17, 15) is 4.79 Å². The van der Waals surface area contributed by atoms with Gasteiger partial charge in [-0.3, -0.25) is 9.69 Å². The van der Waals surface area contributed by atoms with Gasteiger partial charge in [0.2, 0.25) is 5.91 Å². The van der Waals surface area contributed by atoms with Gasteiger partial charge in [0.15, 0.2) is 0 Å². The Kier molecular flexibility index (Phi) is 7.23. The molecule has 1 amide bonds. The molecule has 0 bridgehead atoms. The summed E-state index contributed by atoms with van der Waals surface area (Å²) in [4.78, 5) is 22.6. The molecule has 1 unspecified atom stereocenters. The average Bonchev–Trinajstić information content (AvgIpc) is 2.89. The third kappa shape index (κ3) is 5.02. The molecule has 1 aliphatic carbocycles. The predicted octanol–water partition coefficient (Wildman–Crippen LogP) is 2.49. The van der Waals surface area contributed by atoms with Crippen molar-refractivity contribution in [1.82, 2.24) is 14.7 Å². The number of hydrogen-bond acceptors (Lipinski definition) is 6. The van der Waals surface area contributed by atoms with Gasteiger partial charge in [0.05, 0.1) is 32.5 Å². The van der Waals surface area contributed by atoms with E-state index in [0.29, 0.717) is 12.5 Å². The average molecular weight is 467 g/mol. The highest BCUT2D eigenvalue weighted by molar-refractivity contribution is 5.80. The highest BCUT2D eigenvalue weighted by Gasteiger charge is 2.35. The molecule has 2 saturated heterocycles. The van der Waals surface area contributed by atoms with Gasteiger partial charge in [-0.15, -0.1) is 0 Å². The first kappa shape index (κ1) is 23.4. The van der Waals surface area contributed by atoms with Crippen molar-refractivity contribution in [2.75, 3.05) is 78.1 Å². The van der Waals surface area contributed by atoms with Crippen LogP contribution in [0.25, 0.3) is 0 Å². The fraction of sp³-hybridized carbons (Fsp3) is 0.593. The highest BCUT2D eigenvalue weighted by atomic mass is 16.5. The smallest absolute Gasteiger partial charge is 0.230 e. The van der Waals surface area contributed by atoms with Crippen LogP contribution < -0.4 is 4.90 Å². The van der Waals surface area contributed by atoms with Gasteiger partial charge in [-0.1, -0.05) is 12.1 Å². The molecule has 1 aromatic carbocycles. The molecule has 1 atom stereocenters. The molecule has 4 aliphatic rings. The van der Waals surface area contributed by atoms with E-state index >= 15 is 0 Å².